The molecule has 3 heteroatoms. The number of nitrogens with one attached hydrogen (secondary N) is 1. The van der Waals surface area contributed by atoms with Gasteiger partial charge in [0.25, 0.3) is 0 Å². The van der Waals surface area contributed by atoms with E-state index in [0.29, 0.717) is 0 Å². The van der Waals surface area contributed by atoms with Gasteiger partial charge in [-0.05, 0) is 46.4 Å². The summed E-state index contributed by atoms with van der Waals surface area (Å²) in [5.74, 6) is 0. The van der Waals surface area contributed by atoms with Gasteiger partial charge in [-0.25, -0.2) is 0 Å². The second-order valence-electron chi connectivity index (χ2n) is 4.03. The lowest BCUT2D eigenvalue weighted by molar-refractivity contribution is -0.00255. The number of rotatable bonds is 3. The molecular formula is C9H20N2O. The SMILES string of the molecule is CN(C)CCC1(O)CCNCC1. The summed E-state index contributed by atoms with van der Waals surface area (Å²) in [7, 11) is 4.09. The van der Waals surface area contributed by atoms with E-state index in [1.807, 2.05) is 14.1 Å². The van der Waals surface area contributed by atoms with Crippen molar-refractivity contribution >= 4 is 0 Å². The molecule has 1 saturated heterocycles. The molecule has 0 bridgehead atoms. The van der Waals surface area contributed by atoms with Gasteiger partial charge in [-0.2, -0.15) is 0 Å². The second kappa shape index (κ2) is 4.21. The maximum Gasteiger partial charge on any atom is 0.0684 e. The van der Waals surface area contributed by atoms with Crippen LogP contribution in [-0.2, 0) is 0 Å². The molecule has 1 fully saturated rings. The molecular weight excluding hydrogens is 152 g/mol. The van der Waals surface area contributed by atoms with Gasteiger partial charge in [-0.15, -0.1) is 0 Å². The van der Waals surface area contributed by atoms with Gasteiger partial charge in [-0.3, -0.25) is 0 Å². The minimum atomic E-state index is -0.393. The molecule has 0 amide bonds. The summed E-state index contributed by atoms with van der Waals surface area (Å²) in [5, 5.41) is 13.3. The molecule has 1 rings (SSSR count). The maximum atomic E-state index is 10.1. The maximum absolute atomic E-state index is 10.1. The van der Waals surface area contributed by atoms with Crippen molar-refractivity contribution in [1.82, 2.24) is 10.2 Å². The van der Waals surface area contributed by atoms with Crippen LogP contribution in [0.15, 0.2) is 0 Å². The van der Waals surface area contributed by atoms with Crippen LogP contribution in [0, 0.1) is 0 Å². The quantitative estimate of drug-likeness (QED) is 0.631. The molecule has 12 heavy (non-hydrogen) atoms. The Bertz CT molecular complexity index is 130. The van der Waals surface area contributed by atoms with Gasteiger partial charge in [0.2, 0.25) is 0 Å². The monoisotopic (exact) mass is 172 g/mol. The lowest BCUT2D eigenvalue weighted by Crippen LogP contribution is -2.43. The molecule has 0 spiro atoms. The molecule has 1 heterocycles. The molecule has 0 aliphatic carbocycles. The van der Waals surface area contributed by atoms with Gasteiger partial charge in [0.05, 0.1) is 5.60 Å². The Morgan fingerprint density at radius 1 is 1.33 bits per heavy atom. The highest BCUT2D eigenvalue weighted by Gasteiger charge is 2.28. The molecule has 0 radical (unpaired) electrons. The first-order chi connectivity index (χ1) is 5.62. The number of aliphatic hydroxyl groups is 1. The zero-order valence-corrected chi connectivity index (χ0v) is 8.14. The van der Waals surface area contributed by atoms with Crippen LogP contribution in [0.4, 0.5) is 0 Å². The van der Waals surface area contributed by atoms with Crippen LogP contribution in [0.1, 0.15) is 19.3 Å². The Kier molecular flexibility index (Phi) is 3.50. The third-order valence-corrected chi connectivity index (χ3v) is 2.56. The molecule has 0 saturated carbocycles. The Labute approximate surface area is 74.8 Å². The molecule has 0 atom stereocenters. The molecule has 3 nitrogen and oxygen atoms in total. The van der Waals surface area contributed by atoms with E-state index in [2.05, 4.69) is 10.2 Å². The molecule has 1 aliphatic heterocycles. The Hall–Kier alpha value is -0.120. The largest absolute Gasteiger partial charge is 0.390 e. The first kappa shape index (κ1) is 9.96. The molecule has 72 valence electrons. The zero-order chi connectivity index (χ0) is 9.03. The van der Waals surface area contributed by atoms with Crippen LogP contribution in [-0.4, -0.2) is 49.3 Å². The van der Waals surface area contributed by atoms with Crippen LogP contribution < -0.4 is 5.32 Å². The van der Waals surface area contributed by atoms with Crippen molar-refractivity contribution in [3.63, 3.8) is 0 Å². The van der Waals surface area contributed by atoms with Crippen LogP contribution >= 0.6 is 0 Å². The standard InChI is InChI=1S/C9H20N2O/c1-11(2)8-5-9(12)3-6-10-7-4-9/h10,12H,3-8H2,1-2H3. The van der Waals surface area contributed by atoms with Gasteiger partial charge < -0.3 is 15.3 Å². The highest BCUT2D eigenvalue weighted by Crippen LogP contribution is 2.21. The average Bonchev–Trinajstić information content (AvgIpc) is 2.03. The molecule has 1 aliphatic rings. The van der Waals surface area contributed by atoms with E-state index in [1.165, 1.54) is 0 Å². The highest BCUT2D eigenvalue weighted by atomic mass is 16.3. The normalized spacial score (nSPS) is 23.0. The molecule has 2 N–H and O–H groups in total. The van der Waals surface area contributed by atoms with Gasteiger partial charge in [0.1, 0.15) is 0 Å². The van der Waals surface area contributed by atoms with E-state index in [1.54, 1.807) is 0 Å². The van der Waals surface area contributed by atoms with Crippen molar-refractivity contribution in [3.05, 3.63) is 0 Å². The van der Waals surface area contributed by atoms with Crippen molar-refractivity contribution in [3.8, 4) is 0 Å². The number of hydrogen-bond acceptors (Lipinski definition) is 3. The zero-order valence-electron chi connectivity index (χ0n) is 8.14. The lowest BCUT2D eigenvalue weighted by Gasteiger charge is -2.33. The van der Waals surface area contributed by atoms with Crippen LogP contribution in [0.3, 0.4) is 0 Å². The van der Waals surface area contributed by atoms with Gasteiger partial charge in [0, 0.05) is 6.54 Å². The molecule has 0 unspecified atom stereocenters. The fourth-order valence-electron chi connectivity index (χ4n) is 1.57. The molecule has 0 aromatic heterocycles. The van der Waals surface area contributed by atoms with E-state index < -0.39 is 5.60 Å². The summed E-state index contributed by atoms with van der Waals surface area (Å²) in [5.41, 5.74) is -0.393. The topological polar surface area (TPSA) is 35.5 Å². The summed E-state index contributed by atoms with van der Waals surface area (Å²) < 4.78 is 0. The Balaban J connectivity index is 2.26. The Morgan fingerprint density at radius 2 is 1.92 bits per heavy atom. The third kappa shape index (κ3) is 3.09. The molecule has 0 aromatic rings. The number of hydrogen-bond donors (Lipinski definition) is 2. The fourth-order valence-corrected chi connectivity index (χ4v) is 1.57. The van der Waals surface area contributed by atoms with E-state index in [9.17, 15) is 5.11 Å². The van der Waals surface area contributed by atoms with Crippen LogP contribution in [0.5, 0.6) is 0 Å². The first-order valence-electron chi connectivity index (χ1n) is 4.70. The van der Waals surface area contributed by atoms with E-state index >= 15 is 0 Å². The van der Waals surface area contributed by atoms with E-state index in [4.69, 9.17) is 0 Å². The molecule has 0 aromatic carbocycles. The van der Waals surface area contributed by atoms with Gasteiger partial charge in [0.15, 0.2) is 0 Å². The minimum Gasteiger partial charge on any atom is -0.390 e. The summed E-state index contributed by atoms with van der Waals surface area (Å²) in [6.07, 6.45) is 2.71. The number of nitrogens with zero attached hydrogens (tertiary/aromatic N) is 1. The first-order valence-corrected chi connectivity index (χ1v) is 4.70. The third-order valence-electron chi connectivity index (χ3n) is 2.56. The number of piperidine rings is 1. The highest BCUT2D eigenvalue weighted by molar-refractivity contribution is 4.84. The summed E-state index contributed by atoms with van der Waals surface area (Å²) in [6, 6.07) is 0. The minimum absolute atomic E-state index is 0.393. The average molecular weight is 172 g/mol. The van der Waals surface area contributed by atoms with Crippen LogP contribution in [0.25, 0.3) is 0 Å². The predicted octanol–water partition coefficient (Wildman–Crippen LogP) is 0.0526. The van der Waals surface area contributed by atoms with Gasteiger partial charge in [-0.1, -0.05) is 0 Å². The second-order valence-corrected chi connectivity index (χ2v) is 4.03. The fraction of sp³-hybridized carbons (Fsp3) is 1.00. The van der Waals surface area contributed by atoms with Crippen molar-refractivity contribution in [1.29, 1.82) is 0 Å². The smallest absolute Gasteiger partial charge is 0.0684 e. The Morgan fingerprint density at radius 3 is 2.42 bits per heavy atom. The van der Waals surface area contributed by atoms with E-state index in [0.717, 1.165) is 38.9 Å². The van der Waals surface area contributed by atoms with Crippen molar-refractivity contribution < 1.29 is 5.11 Å². The summed E-state index contributed by atoms with van der Waals surface area (Å²) >= 11 is 0. The summed E-state index contributed by atoms with van der Waals surface area (Å²) in [6.45, 7) is 2.91. The van der Waals surface area contributed by atoms with Crippen molar-refractivity contribution in [2.45, 2.75) is 24.9 Å². The van der Waals surface area contributed by atoms with E-state index in [-0.39, 0.29) is 0 Å². The summed E-state index contributed by atoms with van der Waals surface area (Å²) in [4.78, 5) is 2.13. The lowest BCUT2D eigenvalue weighted by atomic mass is 9.89. The van der Waals surface area contributed by atoms with Crippen molar-refractivity contribution in [2.24, 2.45) is 0 Å². The van der Waals surface area contributed by atoms with Gasteiger partial charge >= 0.3 is 0 Å². The van der Waals surface area contributed by atoms with Crippen molar-refractivity contribution in [2.75, 3.05) is 33.7 Å². The van der Waals surface area contributed by atoms with Crippen LogP contribution in [0.2, 0.25) is 0 Å². The predicted molar refractivity (Wildman–Crippen MR) is 50.2 cm³/mol.